The minimum Gasteiger partial charge on any atom is -0.490 e. The molecule has 0 saturated carbocycles. The van der Waals surface area contributed by atoms with Crippen molar-refractivity contribution in [3.05, 3.63) is 181 Å². The van der Waals surface area contributed by atoms with Gasteiger partial charge in [-0.05, 0) is 146 Å². The zero-order valence-corrected chi connectivity index (χ0v) is 64.2. The fourth-order valence-corrected chi connectivity index (χ4v) is 14.8. The second-order valence-corrected chi connectivity index (χ2v) is 30.0. The van der Waals surface area contributed by atoms with Crippen molar-refractivity contribution < 1.29 is 55.5 Å². The second kappa shape index (κ2) is 39.3. The summed E-state index contributed by atoms with van der Waals surface area (Å²) in [7, 11) is -3.15. The molecule has 6 aliphatic rings. The van der Waals surface area contributed by atoms with Crippen LogP contribution in [0, 0.1) is 28.1 Å². The Kier molecular flexibility index (Phi) is 27.7. The monoisotopic (exact) mass is 1570 g/mol. The molecule has 28 nitrogen and oxygen atoms in total. The molecular weight excluding hydrogens is 1480 g/mol. The largest absolute Gasteiger partial charge is 0.490 e. The molecule has 114 heavy (non-hydrogen) atoms. The smallest absolute Gasteiger partial charge is 0.251 e. The van der Waals surface area contributed by atoms with Gasteiger partial charge in [0.15, 0.2) is 17.5 Å². The zero-order chi connectivity index (χ0) is 79.2. The number of nitrogens with zero attached hydrogens (tertiary/aromatic N) is 14. The normalized spacial score (nSPS) is 16.7. The van der Waals surface area contributed by atoms with Crippen LogP contribution in [0.2, 0.25) is 0 Å². The van der Waals surface area contributed by atoms with Crippen molar-refractivity contribution in [2.75, 3.05) is 168 Å². The number of hydrogen-bond donors (Lipinski definition) is 5. The number of alkyl halides is 2. The lowest BCUT2D eigenvalue weighted by molar-refractivity contribution is -0.134. The van der Waals surface area contributed by atoms with E-state index < -0.39 is 23.1 Å². The van der Waals surface area contributed by atoms with Gasteiger partial charge in [0.25, 0.3) is 6.43 Å². The highest BCUT2D eigenvalue weighted by molar-refractivity contribution is 7.88. The zero-order valence-electron chi connectivity index (χ0n) is 63.4. The van der Waals surface area contributed by atoms with Crippen LogP contribution in [0.3, 0.4) is 0 Å². The molecule has 0 spiro atoms. The molecule has 6 saturated heterocycles. The van der Waals surface area contributed by atoms with Crippen LogP contribution in [0.25, 0.3) is 34.2 Å². The molecule has 6 aromatic carbocycles. The van der Waals surface area contributed by atoms with Gasteiger partial charge in [-0.25, -0.2) is 47.1 Å². The summed E-state index contributed by atoms with van der Waals surface area (Å²) < 4.78 is 84.7. The molecule has 0 unspecified atom stereocenters. The molecule has 0 bridgehead atoms. The molecule has 3 aromatic heterocycles. The maximum atomic E-state index is 12.6. The van der Waals surface area contributed by atoms with Gasteiger partial charge >= 0.3 is 0 Å². The van der Waals surface area contributed by atoms with Gasteiger partial charge in [0.2, 0.25) is 15.9 Å². The van der Waals surface area contributed by atoms with Crippen LogP contribution in [0.15, 0.2) is 164 Å². The number of carbonyl (C=O) groups excluding carboxylic acids is 1. The van der Waals surface area contributed by atoms with E-state index in [0.717, 1.165) is 116 Å². The number of carbonyl (C=O) groups is 1. The summed E-state index contributed by atoms with van der Waals surface area (Å²) in [5, 5.41) is 46.2. The summed E-state index contributed by atoms with van der Waals surface area (Å²) in [6, 6.07) is 50.4. The van der Waals surface area contributed by atoms with E-state index in [4.69, 9.17) is 38.9 Å². The molecular formula is C83H92F2N18O10S. The Labute approximate surface area is 661 Å². The van der Waals surface area contributed by atoms with Crippen molar-refractivity contribution in [1.29, 1.82) is 15.9 Å². The van der Waals surface area contributed by atoms with Crippen molar-refractivity contribution in [3.63, 3.8) is 0 Å². The van der Waals surface area contributed by atoms with E-state index in [2.05, 4.69) is 72.7 Å². The van der Waals surface area contributed by atoms with E-state index in [9.17, 15) is 32.5 Å². The first-order valence-electron chi connectivity index (χ1n) is 38.3. The molecule has 1 amide bonds. The lowest BCUT2D eigenvalue weighted by Gasteiger charge is -2.36. The Bertz CT molecular complexity index is 4890. The number of amides is 1. The average Bonchev–Trinajstić information content (AvgIpc) is 0.837. The maximum absolute atomic E-state index is 12.6. The van der Waals surface area contributed by atoms with Gasteiger partial charge in [-0.3, -0.25) is 9.69 Å². The summed E-state index contributed by atoms with van der Waals surface area (Å²) in [6.07, 6.45) is 10.5. The summed E-state index contributed by atoms with van der Waals surface area (Å²) in [4.78, 5) is 49.0. The number of rotatable bonds is 23. The second-order valence-electron chi connectivity index (χ2n) is 28.0. The van der Waals surface area contributed by atoms with Gasteiger partial charge in [-0.2, -0.15) is 14.8 Å². The number of aromatic nitrogens is 6. The Hall–Kier alpha value is -11.6. The number of hydrogen-bond acceptors (Lipinski definition) is 26. The molecule has 9 heterocycles. The predicted octanol–water partition coefficient (Wildman–Crippen LogP) is 11.2. The third-order valence-electron chi connectivity index (χ3n) is 20.3. The highest BCUT2D eigenvalue weighted by Crippen LogP contribution is 2.34. The Morgan fingerprint density at radius 3 is 1.22 bits per heavy atom. The van der Waals surface area contributed by atoms with E-state index in [1.807, 2.05) is 115 Å². The minimum absolute atomic E-state index is 0.0481. The van der Waals surface area contributed by atoms with Crippen LogP contribution in [0.1, 0.15) is 55.2 Å². The van der Waals surface area contributed by atoms with E-state index in [1.54, 1.807) is 58.7 Å². The molecule has 0 atom stereocenters. The van der Waals surface area contributed by atoms with Crippen LogP contribution >= 0.6 is 0 Å². The quantitative estimate of drug-likeness (QED) is 0.0371. The maximum Gasteiger partial charge on any atom is 0.251 e. The molecule has 31 heteroatoms. The first kappa shape index (κ1) is 80.5. The van der Waals surface area contributed by atoms with Crippen LogP contribution in [0.4, 0.5) is 60.4 Å². The molecule has 0 aliphatic carbocycles. The van der Waals surface area contributed by atoms with Gasteiger partial charge in [-0.15, -0.1) is 0 Å². The van der Waals surface area contributed by atoms with Crippen molar-refractivity contribution in [2.24, 2.45) is 0 Å². The van der Waals surface area contributed by atoms with Crippen LogP contribution in [-0.2, 0) is 29.0 Å². The molecule has 9 aromatic rings. The number of benzene rings is 6. The van der Waals surface area contributed by atoms with E-state index >= 15 is 0 Å². The fourth-order valence-electron chi connectivity index (χ4n) is 13.9. The van der Waals surface area contributed by atoms with Crippen molar-refractivity contribution in [2.45, 2.75) is 63.3 Å². The minimum atomic E-state index is -3.15. The molecule has 6 fully saturated rings. The number of nitrogens with one attached hydrogen (secondary N) is 4. The van der Waals surface area contributed by atoms with Crippen molar-refractivity contribution >= 4 is 73.7 Å². The molecule has 594 valence electrons. The fraction of sp³-hybridized carbons (Fsp3) is 0.373. The number of aliphatic hydroxyl groups is 1. The lowest BCUT2D eigenvalue weighted by Crippen LogP contribution is -2.49. The van der Waals surface area contributed by atoms with Crippen LogP contribution < -0.4 is 44.9 Å². The third-order valence-corrected chi connectivity index (χ3v) is 21.6. The number of sulfonamides is 1. The van der Waals surface area contributed by atoms with E-state index in [0.29, 0.717) is 161 Å². The average molecular weight is 1570 g/mol. The van der Waals surface area contributed by atoms with E-state index in [-0.39, 0.29) is 30.8 Å². The van der Waals surface area contributed by atoms with E-state index in [1.165, 1.54) is 16.8 Å². The molecule has 0 radical (unpaired) electrons. The summed E-state index contributed by atoms with van der Waals surface area (Å²) in [6.45, 7) is 11.1. The predicted molar refractivity (Wildman–Crippen MR) is 431 cm³/mol. The standard InChI is InChI=1S/C28H30F2N6O2.C28H30N6O4.C27H32N6O4S/c29-26(30)19-35-11-13-36(14-12-35)23-4-2-22(3-5-23)33-27-7-10-32-28(34-27)20-1-6-25(21(17-20)18-31)38-24-8-15-37-16-9-24;29-18-21-17-20(1-6-25(21)38-24-8-15-37-16-9-24)28-30-10-7-26(32-28)31-22-2-4-23(5-3-22)33-11-13-34(14-12-33)27(36)19-35;1-38(34,35)33-14-12-32(13-15-33)23-5-3-22(4-6-23)30-26-8-11-29-27(31-26)20-2-7-25(21(18-20)19-28)37-24-9-16-36-17-10-24/h1-7,10,17,24,26H,8-9,11-16,19H2,(H,32,33,34);1-7,10,17,24,35H,8-9,11-16,19H2,(H,30,31,32);2-8,11,18-19,24,28H,9-10,12-17H2,1H3,(H,29,30,31). The molecule has 15 rings (SSSR count). The first-order chi connectivity index (χ1) is 55.6. The van der Waals surface area contributed by atoms with Crippen LogP contribution in [-0.4, -0.2) is 232 Å². The summed E-state index contributed by atoms with van der Waals surface area (Å²) >= 11 is 0. The number of nitriles is 2. The number of piperazine rings is 3. The third kappa shape index (κ3) is 22.2. The van der Waals surface area contributed by atoms with Gasteiger partial charge in [0.1, 0.15) is 71.8 Å². The Morgan fingerprint density at radius 2 is 0.868 bits per heavy atom. The van der Waals surface area contributed by atoms with Gasteiger partial charge in [-0.1, -0.05) is 0 Å². The summed E-state index contributed by atoms with van der Waals surface area (Å²) in [5.74, 6) is 5.08. The Morgan fingerprint density at radius 1 is 0.518 bits per heavy atom. The van der Waals surface area contributed by atoms with Crippen LogP contribution in [0.5, 0.6) is 17.2 Å². The molecule has 5 N–H and O–H groups in total. The first-order valence-corrected chi connectivity index (χ1v) is 40.1. The van der Waals surface area contributed by atoms with Crippen molar-refractivity contribution in [3.8, 4) is 63.6 Å². The van der Waals surface area contributed by atoms with Gasteiger partial charge < -0.3 is 74.5 Å². The SMILES string of the molecule is CS(=O)(=O)N1CCN(c2ccc(Nc3ccnc(-c4ccc(OC5CCOCC5)c(C=N)c4)n3)cc2)CC1.N#Cc1cc(-c2nccc(Nc3ccc(N4CCN(C(=O)CO)CC4)cc3)n2)ccc1OC1CCOCC1.N#Cc1cc(-c2nccc(Nc3ccc(N4CCN(CC(F)F)CC4)cc3)n2)ccc1OC1CCOCC1. The number of ether oxygens (including phenoxy) is 6. The van der Waals surface area contributed by atoms with Gasteiger partial charge in [0, 0.05) is 198 Å². The van der Waals surface area contributed by atoms with Crippen molar-refractivity contribution in [1.82, 2.24) is 44.0 Å². The highest BCUT2D eigenvalue weighted by Gasteiger charge is 2.27. The highest BCUT2D eigenvalue weighted by atomic mass is 32.2. The topological polar surface area (TPSA) is 331 Å². The lowest BCUT2D eigenvalue weighted by atomic mass is 10.1. The summed E-state index contributed by atoms with van der Waals surface area (Å²) in [5.41, 5.74) is 9.66. The number of anilines is 9. The molecule has 6 aliphatic heterocycles. The Balaban J connectivity index is 0.000000149. The van der Waals surface area contributed by atoms with Gasteiger partial charge in [0.05, 0.1) is 63.6 Å². The number of aliphatic hydroxyl groups excluding tert-OH is 1. The number of halogens is 2.